The molecular weight excluding hydrogens is 308 g/mol. The Labute approximate surface area is 140 Å². The van der Waals surface area contributed by atoms with Gasteiger partial charge in [-0.3, -0.25) is 14.3 Å². The van der Waals surface area contributed by atoms with E-state index in [1.54, 1.807) is 11.1 Å². The van der Waals surface area contributed by atoms with Crippen LogP contribution in [-0.2, 0) is 22.7 Å². The Morgan fingerprint density at radius 3 is 3.04 bits per heavy atom. The summed E-state index contributed by atoms with van der Waals surface area (Å²) in [6.45, 7) is 3.53. The lowest BCUT2D eigenvalue weighted by Gasteiger charge is -2.23. The number of nitrogens with zero attached hydrogens (tertiary/aromatic N) is 3. The molecule has 1 aliphatic rings. The number of nitrogens with one attached hydrogen (secondary N) is 1. The number of hydrogen-bond acceptors (Lipinski definition) is 4. The van der Waals surface area contributed by atoms with Gasteiger partial charge in [0.15, 0.2) is 0 Å². The fourth-order valence-corrected chi connectivity index (χ4v) is 2.95. The van der Waals surface area contributed by atoms with Crippen molar-refractivity contribution in [2.24, 2.45) is 0 Å². The topological polar surface area (TPSA) is 80.4 Å². The van der Waals surface area contributed by atoms with Crippen LogP contribution >= 0.6 is 0 Å². The Kier molecular flexibility index (Phi) is 4.98. The number of aromatic nitrogens is 2. The molecule has 0 aromatic carbocycles. The zero-order valence-corrected chi connectivity index (χ0v) is 13.8. The van der Waals surface area contributed by atoms with Gasteiger partial charge in [0.2, 0.25) is 11.8 Å². The van der Waals surface area contributed by atoms with Gasteiger partial charge >= 0.3 is 0 Å². The monoisotopic (exact) mass is 330 g/mol. The van der Waals surface area contributed by atoms with Crippen molar-refractivity contribution >= 4 is 11.8 Å². The van der Waals surface area contributed by atoms with Crippen LogP contribution in [0.5, 0.6) is 0 Å². The predicted molar refractivity (Wildman–Crippen MR) is 86.9 cm³/mol. The molecule has 7 heteroatoms. The van der Waals surface area contributed by atoms with Gasteiger partial charge in [0.05, 0.1) is 6.54 Å². The molecule has 2 amide bonds. The van der Waals surface area contributed by atoms with Gasteiger partial charge < -0.3 is 14.6 Å². The van der Waals surface area contributed by atoms with Gasteiger partial charge in [-0.05, 0) is 38.0 Å². The molecule has 3 heterocycles. The normalized spacial score (nSPS) is 17.5. The molecule has 0 bridgehead atoms. The van der Waals surface area contributed by atoms with Crippen LogP contribution in [-0.4, -0.2) is 39.1 Å². The maximum atomic E-state index is 12.4. The SMILES string of the molecule is Cc1ccc(CN2C(=O)CC[C@H]2C(=O)NCCCn2cccn2)o1. The Hall–Kier alpha value is -2.57. The Bertz CT molecular complexity index is 693. The van der Waals surface area contributed by atoms with E-state index in [4.69, 9.17) is 4.42 Å². The molecule has 1 N–H and O–H groups in total. The van der Waals surface area contributed by atoms with Crippen LogP contribution in [0.2, 0.25) is 0 Å². The van der Waals surface area contributed by atoms with Crippen LogP contribution in [0.25, 0.3) is 0 Å². The second-order valence-corrected chi connectivity index (χ2v) is 6.00. The summed E-state index contributed by atoms with van der Waals surface area (Å²) in [6.07, 6.45) is 5.39. The lowest BCUT2D eigenvalue weighted by molar-refractivity contribution is -0.136. The lowest BCUT2D eigenvalue weighted by Crippen LogP contribution is -2.44. The van der Waals surface area contributed by atoms with Crippen molar-refractivity contribution in [2.45, 2.75) is 45.3 Å². The molecule has 1 atom stereocenters. The van der Waals surface area contributed by atoms with Crippen LogP contribution < -0.4 is 5.32 Å². The minimum absolute atomic E-state index is 0.000689. The second-order valence-electron chi connectivity index (χ2n) is 6.00. The molecule has 0 spiro atoms. The van der Waals surface area contributed by atoms with Crippen LogP contribution in [0.4, 0.5) is 0 Å². The van der Waals surface area contributed by atoms with Crippen LogP contribution in [0, 0.1) is 6.92 Å². The molecular formula is C17H22N4O3. The zero-order valence-electron chi connectivity index (χ0n) is 13.8. The molecule has 2 aromatic rings. The average molecular weight is 330 g/mol. The highest BCUT2D eigenvalue weighted by molar-refractivity contribution is 5.90. The summed E-state index contributed by atoms with van der Waals surface area (Å²) in [5.41, 5.74) is 0. The van der Waals surface area contributed by atoms with Crippen molar-refractivity contribution in [1.82, 2.24) is 20.0 Å². The van der Waals surface area contributed by atoms with Gasteiger partial charge in [0.1, 0.15) is 17.6 Å². The van der Waals surface area contributed by atoms with Crippen molar-refractivity contribution in [3.8, 4) is 0 Å². The summed E-state index contributed by atoms with van der Waals surface area (Å²) in [4.78, 5) is 26.1. The highest BCUT2D eigenvalue weighted by Crippen LogP contribution is 2.22. The standard InChI is InChI=1S/C17H22N4O3/c1-13-4-5-14(24-13)12-21-15(6-7-16(21)22)17(23)18-8-2-10-20-11-3-9-19-20/h3-5,9,11,15H,2,6-8,10,12H2,1H3,(H,18,23)/t15-/m0/s1. The van der Waals surface area contributed by atoms with E-state index in [1.807, 2.05) is 36.0 Å². The first kappa shape index (κ1) is 16.3. The quantitative estimate of drug-likeness (QED) is 0.780. The molecule has 0 radical (unpaired) electrons. The van der Waals surface area contributed by atoms with Crippen molar-refractivity contribution in [3.05, 3.63) is 42.1 Å². The third-order valence-corrected chi connectivity index (χ3v) is 4.18. The van der Waals surface area contributed by atoms with E-state index < -0.39 is 6.04 Å². The number of carbonyl (C=O) groups excluding carboxylic acids is 2. The van der Waals surface area contributed by atoms with Crippen LogP contribution in [0.1, 0.15) is 30.8 Å². The summed E-state index contributed by atoms with van der Waals surface area (Å²) in [5, 5.41) is 7.05. The van der Waals surface area contributed by atoms with Gasteiger partial charge in [-0.15, -0.1) is 0 Å². The molecule has 0 unspecified atom stereocenters. The largest absolute Gasteiger partial charge is 0.464 e. The van der Waals surface area contributed by atoms with Gasteiger partial charge in [0.25, 0.3) is 0 Å². The van der Waals surface area contributed by atoms with Crippen LogP contribution in [0.15, 0.2) is 35.0 Å². The van der Waals surface area contributed by atoms with E-state index in [-0.39, 0.29) is 11.8 Å². The first-order valence-corrected chi connectivity index (χ1v) is 8.23. The fraction of sp³-hybridized carbons (Fsp3) is 0.471. The molecule has 1 fully saturated rings. The summed E-state index contributed by atoms with van der Waals surface area (Å²) in [6, 6.07) is 5.17. The number of carbonyl (C=O) groups is 2. The molecule has 7 nitrogen and oxygen atoms in total. The molecule has 24 heavy (non-hydrogen) atoms. The number of hydrogen-bond donors (Lipinski definition) is 1. The van der Waals surface area contributed by atoms with Crippen molar-refractivity contribution < 1.29 is 14.0 Å². The Morgan fingerprint density at radius 1 is 1.46 bits per heavy atom. The number of amides is 2. The molecule has 128 valence electrons. The van der Waals surface area contributed by atoms with Crippen molar-refractivity contribution in [1.29, 1.82) is 0 Å². The first-order chi connectivity index (χ1) is 11.6. The Morgan fingerprint density at radius 2 is 2.33 bits per heavy atom. The zero-order chi connectivity index (χ0) is 16.9. The average Bonchev–Trinajstić information content (AvgIpc) is 3.28. The van der Waals surface area contributed by atoms with E-state index in [9.17, 15) is 9.59 Å². The van der Waals surface area contributed by atoms with Gasteiger partial charge in [-0.2, -0.15) is 5.10 Å². The molecule has 1 aliphatic heterocycles. The molecule has 3 rings (SSSR count). The Balaban J connectivity index is 1.49. The van der Waals surface area contributed by atoms with E-state index >= 15 is 0 Å². The van der Waals surface area contributed by atoms with E-state index in [0.29, 0.717) is 31.7 Å². The van der Waals surface area contributed by atoms with Crippen molar-refractivity contribution in [2.75, 3.05) is 6.54 Å². The maximum absolute atomic E-state index is 12.4. The van der Waals surface area contributed by atoms with E-state index in [2.05, 4.69) is 10.4 Å². The first-order valence-electron chi connectivity index (χ1n) is 8.23. The second kappa shape index (κ2) is 7.33. The summed E-state index contributed by atoms with van der Waals surface area (Å²) < 4.78 is 7.36. The molecule has 1 saturated heterocycles. The van der Waals surface area contributed by atoms with Gasteiger partial charge in [0, 0.05) is 31.9 Å². The molecule has 0 aliphatic carbocycles. The summed E-state index contributed by atoms with van der Waals surface area (Å²) >= 11 is 0. The van der Waals surface area contributed by atoms with Gasteiger partial charge in [-0.1, -0.05) is 0 Å². The number of aryl methyl sites for hydroxylation is 2. The number of likely N-dealkylation sites (tertiary alicyclic amines) is 1. The number of rotatable bonds is 7. The van der Waals surface area contributed by atoms with E-state index in [0.717, 1.165) is 18.7 Å². The number of furan rings is 1. The predicted octanol–water partition coefficient (Wildman–Crippen LogP) is 1.48. The smallest absolute Gasteiger partial charge is 0.242 e. The minimum atomic E-state index is -0.410. The van der Waals surface area contributed by atoms with E-state index in [1.165, 1.54) is 0 Å². The van der Waals surface area contributed by atoms with Crippen molar-refractivity contribution in [3.63, 3.8) is 0 Å². The summed E-state index contributed by atoms with van der Waals surface area (Å²) in [7, 11) is 0. The molecule has 0 saturated carbocycles. The fourth-order valence-electron chi connectivity index (χ4n) is 2.95. The summed E-state index contributed by atoms with van der Waals surface area (Å²) in [5.74, 6) is 1.42. The highest BCUT2D eigenvalue weighted by Gasteiger charge is 2.36. The third kappa shape index (κ3) is 3.84. The van der Waals surface area contributed by atoms with Crippen LogP contribution in [0.3, 0.4) is 0 Å². The lowest BCUT2D eigenvalue weighted by atomic mass is 10.2. The van der Waals surface area contributed by atoms with Gasteiger partial charge in [-0.25, -0.2) is 0 Å². The minimum Gasteiger partial charge on any atom is -0.464 e. The third-order valence-electron chi connectivity index (χ3n) is 4.18. The maximum Gasteiger partial charge on any atom is 0.242 e. The highest BCUT2D eigenvalue weighted by atomic mass is 16.3. The molecule has 2 aromatic heterocycles.